The number of hydrogen-bond acceptors (Lipinski definition) is 0. The van der Waals surface area contributed by atoms with Gasteiger partial charge in [-0.25, -0.2) is 0 Å². The fourth-order valence-electron chi connectivity index (χ4n) is 3.54. The average molecular weight is 250 g/mol. The number of fused-ring (bicyclic) bond motifs is 1. The Labute approximate surface area is 116 Å². The number of rotatable bonds is 3. The van der Waals surface area contributed by atoms with Gasteiger partial charge in [-0.2, -0.15) is 0 Å². The van der Waals surface area contributed by atoms with Gasteiger partial charge in [0, 0.05) is 0 Å². The molecule has 98 valence electrons. The molecule has 1 aliphatic carbocycles. The summed E-state index contributed by atoms with van der Waals surface area (Å²) in [6.45, 7) is 4.58. The Hall–Kier alpha value is -1.56. The van der Waals surface area contributed by atoms with Gasteiger partial charge in [0.25, 0.3) is 0 Å². The molecule has 0 aromatic heterocycles. The molecule has 0 N–H and O–H groups in total. The van der Waals surface area contributed by atoms with E-state index in [0.717, 1.165) is 12.8 Å². The highest BCUT2D eigenvalue weighted by molar-refractivity contribution is 5.71. The van der Waals surface area contributed by atoms with E-state index >= 15 is 0 Å². The Bertz CT molecular complexity index is 579. The predicted molar refractivity (Wildman–Crippen MR) is 82.7 cm³/mol. The van der Waals surface area contributed by atoms with Gasteiger partial charge in [0.1, 0.15) is 0 Å². The van der Waals surface area contributed by atoms with Gasteiger partial charge in [-0.3, -0.25) is 0 Å². The number of benzene rings is 2. The topological polar surface area (TPSA) is 0 Å². The van der Waals surface area contributed by atoms with Crippen molar-refractivity contribution < 1.29 is 0 Å². The van der Waals surface area contributed by atoms with Crippen LogP contribution in [0.5, 0.6) is 0 Å². The van der Waals surface area contributed by atoms with E-state index in [1.54, 1.807) is 22.3 Å². The zero-order chi connectivity index (χ0) is 13.2. The van der Waals surface area contributed by atoms with Crippen LogP contribution < -0.4 is 0 Å². The summed E-state index contributed by atoms with van der Waals surface area (Å²) < 4.78 is 0. The molecule has 3 rings (SSSR count). The van der Waals surface area contributed by atoms with Crippen LogP contribution in [-0.2, 0) is 25.7 Å². The molecule has 0 nitrogen and oxygen atoms in total. The highest BCUT2D eigenvalue weighted by Gasteiger charge is 2.20. The van der Waals surface area contributed by atoms with E-state index in [-0.39, 0.29) is 0 Å². The normalized spacial score (nSPS) is 13.6. The first-order valence-corrected chi connectivity index (χ1v) is 7.57. The summed E-state index contributed by atoms with van der Waals surface area (Å²) >= 11 is 0. The first-order valence-electron chi connectivity index (χ1n) is 7.57. The fraction of sp³-hybridized carbons (Fsp3) is 0.368. The van der Waals surface area contributed by atoms with E-state index in [9.17, 15) is 0 Å². The molecule has 0 aliphatic heterocycles. The van der Waals surface area contributed by atoms with Crippen molar-refractivity contribution in [3.8, 4) is 11.1 Å². The number of hydrogen-bond donors (Lipinski definition) is 0. The van der Waals surface area contributed by atoms with Crippen LogP contribution in [0, 0.1) is 0 Å². The Morgan fingerprint density at radius 2 is 1.63 bits per heavy atom. The van der Waals surface area contributed by atoms with Crippen molar-refractivity contribution in [1.29, 1.82) is 0 Å². The van der Waals surface area contributed by atoms with Gasteiger partial charge < -0.3 is 0 Å². The van der Waals surface area contributed by atoms with Gasteiger partial charge in [0.15, 0.2) is 0 Å². The van der Waals surface area contributed by atoms with Gasteiger partial charge in [-0.05, 0) is 65.5 Å². The first kappa shape index (κ1) is 12.5. The highest BCUT2D eigenvalue weighted by Crippen LogP contribution is 2.36. The minimum Gasteiger partial charge on any atom is -0.0622 e. The molecule has 19 heavy (non-hydrogen) atoms. The van der Waals surface area contributed by atoms with E-state index in [1.807, 2.05) is 0 Å². The van der Waals surface area contributed by atoms with Gasteiger partial charge in [0.05, 0.1) is 0 Å². The summed E-state index contributed by atoms with van der Waals surface area (Å²) in [6.07, 6.45) is 6.23. The molecule has 2 aromatic rings. The molecule has 0 unspecified atom stereocenters. The highest BCUT2D eigenvalue weighted by atomic mass is 14.2. The van der Waals surface area contributed by atoms with Crippen molar-refractivity contribution in [2.24, 2.45) is 0 Å². The summed E-state index contributed by atoms with van der Waals surface area (Å²) in [7, 11) is 0. The van der Waals surface area contributed by atoms with Crippen LogP contribution in [0.4, 0.5) is 0 Å². The maximum Gasteiger partial charge on any atom is -0.0146 e. The quantitative estimate of drug-likeness (QED) is 0.721. The fourth-order valence-corrected chi connectivity index (χ4v) is 3.54. The molecular weight excluding hydrogens is 228 g/mol. The Kier molecular flexibility index (Phi) is 3.42. The van der Waals surface area contributed by atoms with Crippen LogP contribution >= 0.6 is 0 Å². The molecule has 0 atom stereocenters. The summed E-state index contributed by atoms with van der Waals surface area (Å²) in [6, 6.07) is 13.3. The zero-order valence-corrected chi connectivity index (χ0v) is 12.0. The molecule has 0 bridgehead atoms. The molecule has 0 spiro atoms. The maximum atomic E-state index is 2.46. The van der Waals surface area contributed by atoms with E-state index in [1.165, 1.54) is 30.4 Å². The maximum absolute atomic E-state index is 2.46. The van der Waals surface area contributed by atoms with E-state index < -0.39 is 0 Å². The van der Waals surface area contributed by atoms with E-state index in [2.05, 4.69) is 50.2 Å². The molecule has 0 fully saturated rings. The molecule has 0 amide bonds. The smallest absolute Gasteiger partial charge is 0.0146 e. The lowest BCUT2D eigenvalue weighted by molar-refractivity contribution is 0.901. The lowest BCUT2D eigenvalue weighted by Gasteiger charge is -2.17. The summed E-state index contributed by atoms with van der Waals surface area (Å²) in [5.41, 5.74) is 9.35. The van der Waals surface area contributed by atoms with Gasteiger partial charge in [-0.1, -0.05) is 50.2 Å². The monoisotopic (exact) mass is 250 g/mol. The molecule has 0 saturated carbocycles. The third kappa shape index (κ3) is 2.10. The standard InChI is InChI=1S/C19H22/c1-3-14-13-19(15-9-6-5-7-10-15)16(4-2)18-12-8-11-17(14)18/h5-7,9-10,13H,3-4,8,11-12H2,1-2H3. The molecule has 0 heteroatoms. The second-order valence-electron chi connectivity index (χ2n) is 5.45. The summed E-state index contributed by atoms with van der Waals surface area (Å²) in [5.74, 6) is 0. The van der Waals surface area contributed by atoms with Crippen LogP contribution in [0.15, 0.2) is 36.4 Å². The Morgan fingerprint density at radius 1 is 0.895 bits per heavy atom. The average Bonchev–Trinajstić information content (AvgIpc) is 2.95. The van der Waals surface area contributed by atoms with E-state index in [4.69, 9.17) is 0 Å². The third-order valence-corrected chi connectivity index (χ3v) is 4.43. The number of aryl methyl sites for hydroxylation is 1. The lowest BCUT2D eigenvalue weighted by atomic mass is 9.88. The minimum atomic E-state index is 1.15. The molecule has 1 aliphatic rings. The van der Waals surface area contributed by atoms with Crippen molar-refractivity contribution in [2.45, 2.75) is 46.0 Å². The Morgan fingerprint density at radius 3 is 2.32 bits per heavy atom. The summed E-state index contributed by atoms with van der Waals surface area (Å²) in [5, 5.41) is 0. The van der Waals surface area contributed by atoms with Crippen molar-refractivity contribution in [3.05, 3.63) is 58.7 Å². The molecule has 0 heterocycles. The van der Waals surface area contributed by atoms with Crippen molar-refractivity contribution in [1.82, 2.24) is 0 Å². The lowest BCUT2D eigenvalue weighted by Crippen LogP contribution is -2.00. The van der Waals surface area contributed by atoms with Gasteiger partial charge in [-0.15, -0.1) is 0 Å². The summed E-state index contributed by atoms with van der Waals surface area (Å²) in [4.78, 5) is 0. The third-order valence-electron chi connectivity index (χ3n) is 4.43. The molecule has 0 radical (unpaired) electrons. The first-order chi connectivity index (χ1) is 9.35. The van der Waals surface area contributed by atoms with Crippen LogP contribution in [0.25, 0.3) is 11.1 Å². The predicted octanol–water partition coefficient (Wildman–Crippen LogP) is 4.97. The SMILES string of the molecule is CCc1cc(-c2ccccc2)c(CC)c2c1CCC2. The van der Waals surface area contributed by atoms with Crippen LogP contribution in [0.1, 0.15) is 42.5 Å². The van der Waals surface area contributed by atoms with Crippen molar-refractivity contribution >= 4 is 0 Å². The van der Waals surface area contributed by atoms with Gasteiger partial charge >= 0.3 is 0 Å². The van der Waals surface area contributed by atoms with Crippen LogP contribution in [0.2, 0.25) is 0 Å². The van der Waals surface area contributed by atoms with Crippen molar-refractivity contribution in [3.63, 3.8) is 0 Å². The van der Waals surface area contributed by atoms with Crippen molar-refractivity contribution in [2.75, 3.05) is 0 Å². The molecule has 2 aromatic carbocycles. The van der Waals surface area contributed by atoms with Crippen LogP contribution in [0.3, 0.4) is 0 Å². The van der Waals surface area contributed by atoms with Gasteiger partial charge in [0.2, 0.25) is 0 Å². The van der Waals surface area contributed by atoms with Crippen LogP contribution in [-0.4, -0.2) is 0 Å². The zero-order valence-electron chi connectivity index (χ0n) is 12.0. The molecule has 0 saturated heterocycles. The minimum absolute atomic E-state index is 1.15. The Balaban J connectivity index is 2.25. The molecular formula is C19H22. The largest absolute Gasteiger partial charge is 0.0622 e. The second-order valence-corrected chi connectivity index (χ2v) is 5.45. The van der Waals surface area contributed by atoms with E-state index in [0.29, 0.717) is 0 Å². The second kappa shape index (κ2) is 5.21.